The Morgan fingerprint density at radius 1 is 1.53 bits per heavy atom. The van der Waals surface area contributed by atoms with Gasteiger partial charge in [-0.3, -0.25) is 0 Å². The monoisotopic (exact) mass is 258 g/mol. The van der Waals surface area contributed by atoms with E-state index in [2.05, 4.69) is 4.98 Å². The maximum Gasteiger partial charge on any atom is 0.356 e. The summed E-state index contributed by atoms with van der Waals surface area (Å²) in [7, 11) is -4.20. The number of carboxylic acid groups (broad SMARTS) is 1. The Morgan fingerprint density at radius 3 is 2.65 bits per heavy atom. The maximum atomic E-state index is 11.4. The summed E-state index contributed by atoms with van der Waals surface area (Å²) >= 11 is 0. The zero-order chi connectivity index (χ0) is 12.6. The molecule has 0 aliphatic heterocycles. The molecule has 2 rings (SSSR count). The van der Waals surface area contributed by atoms with Gasteiger partial charge in [-0.1, -0.05) is 0 Å². The first-order valence-corrected chi connectivity index (χ1v) is 6.36. The second-order valence-corrected chi connectivity index (χ2v) is 5.15. The molecule has 7 nitrogen and oxygen atoms in total. The quantitative estimate of drug-likeness (QED) is 0.782. The van der Waals surface area contributed by atoms with Crippen molar-refractivity contribution < 1.29 is 23.1 Å². The van der Waals surface area contributed by atoms with E-state index in [0.717, 1.165) is 12.8 Å². The van der Waals surface area contributed by atoms with Gasteiger partial charge in [0.15, 0.2) is 10.6 Å². The third-order valence-corrected chi connectivity index (χ3v) is 3.14. The Bertz CT molecular complexity index is 565. The minimum absolute atomic E-state index is 0.0533. The van der Waals surface area contributed by atoms with Gasteiger partial charge in [0.25, 0.3) is 0 Å². The number of carbonyl (C=O) groups is 1. The Kier molecular flexibility index (Phi) is 2.76. The van der Waals surface area contributed by atoms with Crippen molar-refractivity contribution in [3.63, 3.8) is 0 Å². The summed E-state index contributed by atoms with van der Waals surface area (Å²) in [6, 6.07) is 1.30. The molecule has 1 fully saturated rings. The summed E-state index contributed by atoms with van der Waals surface area (Å²) < 4.78 is 28.1. The number of hydrogen-bond donors (Lipinski definition) is 2. The second kappa shape index (κ2) is 3.97. The van der Waals surface area contributed by atoms with Crippen molar-refractivity contribution in [3.05, 3.63) is 18.0 Å². The van der Waals surface area contributed by atoms with Crippen LogP contribution in [0.3, 0.4) is 0 Å². The summed E-state index contributed by atoms with van der Waals surface area (Å²) in [5.74, 6) is -1.52. The van der Waals surface area contributed by atoms with Crippen LogP contribution < -0.4 is 9.88 Å². The van der Waals surface area contributed by atoms with Crippen molar-refractivity contribution in [2.24, 2.45) is 5.14 Å². The van der Waals surface area contributed by atoms with Crippen LogP contribution in [0, 0.1) is 0 Å². The second-order valence-electron chi connectivity index (χ2n) is 3.65. The lowest BCUT2D eigenvalue weighted by molar-refractivity contribution is 0.0684. The van der Waals surface area contributed by atoms with Crippen molar-refractivity contribution in [3.8, 4) is 5.75 Å². The molecule has 0 spiro atoms. The normalized spacial score (nSPS) is 15.6. The summed E-state index contributed by atoms with van der Waals surface area (Å²) in [4.78, 5) is 13.8. The predicted molar refractivity (Wildman–Crippen MR) is 56.2 cm³/mol. The summed E-state index contributed by atoms with van der Waals surface area (Å²) in [6.45, 7) is 0. The molecule has 0 atom stereocenters. The Hall–Kier alpha value is -1.67. The van der Waals surface area contributed by atoms with Crippen LogP contribution in [0.25, 0.3) is 0 Å². The summed E-state index contributed by atoms with van der Waals surface area (Å²) in [6.07, 6.45) is 2.74. The lowest BCUT2D eigenvalue weighted by atomic mass is 10.3. The van der Waals surface area contributed by atoms with Gasteiger partial charge in [0, 0.05) is 6.20 Å². The molecule has 1 aromatic heterocycles. The molecule has 92 valence electrons. The standard InChI is InChI=1S/C9H10N2O5S/c10-17(14,15)8-6(16-5-1-2-5)3-4-11-7(8)9(12)13/h3-5H,1-2H2,(H,12,13)(H2,10,14,15). The highest BCUT2D eigenvalue weighted by molar-refractivity contribution is 7.89. The van der Waals surface area contributed by atoms with Gasteiger partial charge in [-0.2, -0.15) is 0 Å². The average molecular weight is 258 g/mol. The fourth-order valence-corrected chi connectivity index (χ4v) is 2.12. The molecule has 0 saturated heterocycles. The molecule has 3 N–H and O–H groups in total. The zero-order valence-corrected chi connectivity index (χ0v) is 9.48. The SMILES string of the molecule is NS(=O)(=O)c1c(OC2CC2)ccnc1C(=O)O. The van der Waals surface area contributed by atoms with Crippen molar-refractivity contribution in [2.45, 2.75) is 23.8 Å². The van der Waals surface area contributed by atoms with Crippen molar-refractivity contribution in [2.75, 3.05) is 0 Å². The average Bonchev–Trinajstić information content (AvgIpc) is 2.99. The lowest BCUT2D eigenvalue weighted by Crippen LogP contribution is -2.19. The largest absolute Gasteiger partial charge is 0.489 e. The van der Waals surface area contributed by atoms with Crippen LogP contribution in [0.15, 0.2) is 17.2 Å². The lowest BCUT2D eigenvalue weighted by Gasteiger charge is -2.10. The number of pyridine rings is 1. The Balaban J connectivity index is 2.57. The number of aromatic nitrogens is 1. The van der Waals surface area contributed by atoms with Gasteiger partial charge in [-0.05, 0) is 18.9 Å². The molecule has 1 aliphatic carbocycles. The fraction of sp³-hybridized carbons (Fsp3) is 0.333. The van der Waals surface area contributed by atoms with Gasteiger partial charge in [0.2, 0.25) is 10.0 Å². The van der Waals surface area contributed by atoms with Crippen LogP contribution in [0.2, 0.25) is 0 Å². The minimum atomic E-state index is -4.20. The van der Waals surface area contributed by atoms with Gasteiger partial charge in [-0.25, -0.2) is 23.3 Å². The third kappa shape index (κ3) is 2.53. The third-order valence-electron chi connectivity index (χ3n) is 2.17. The van der Waals surface area contributed by atoms with E-state index < -0.39 is 26.6 Å². The number of nitrogens with zero attached hydrogens (tertiary/aromatic N) is 1. The molecule has 1 aliphatic rings. The number of aromatic carboxylic acids is 1. The number of nitrogens with two attached hydrogens (primary N) is 1. The first kappa shape index (κ1) is 11.8. The van der Waals surface area contributed by atoms with Crippen LogP contribution in [0.1, 0.15) is 23.3 Å². The van der Waals surface area contributed by atoms with Gasteiger partial charge in [0.1, 0.15) is 5.75 Å². The molecule has 1 heterocycles. The highest BCUT2D eigenvalue weighted by atomic mass is 32.2. The number of primary sulfonamides is 1. The molecule has 0 amide bonds. The highest BCUT2D eigenvalue weighted by Crippen LogP contribution is 2.31. The molecule has 8 heteroatoms. The molecule has 1 aromatic rings. The van der Waals surface area contributed by atoms with Crippen molar-refractivity contribution in [1.82, 2.24) is 4.98 Å². The fourth-order valence-electron chi connectivity index (χ4n) is 1.32. The smallest absolute Gasteiger partial charge is 0.356 e. The van der Waals surface area contributed by atoms with Crippen LogP contribution in [-0.2, 0) is 10.0 Å². The van der Waals surface area contributed by atoms with Crippen LogP contribution in [0.4, 0.5) is 0 Å². The first-order valence-electron chi connectivity index (χ1n) is 4.81. The Morgan fingerprint density at radius 2 is 2.18 bits per heavy atom. The predicted octanol–water partition coefficient (Wildman–Crippen LogP) is -0.0316. The number of rotatable bonds is 4. The first-order chi connectivity index (χ1) is 7.89. The van der Waals surface area contributed by atoms with Gasteiger partial charge in [-0.15, -0.1) is 0 Å². The number of ether oxygens (including phenoxy) is 1. The molecule has 0 radical (unpaired) electrons. The molecule has 1 saturated carbocycles. The van der Waals surface area contributed by atoms with E-state index in [1.165, 1.54) is 12.3 Å². The molecular formula is C9H10N2O5S. The number of carboxylic acids is 1. The molecule has 0 bridgehead atoms. The van der Waals surface area contributed by atoms with E-state index in [-0.39, 0.29) is 11.9 Å². The van der Waals surface area contributed by atoms with Crippen molar-refractivity contribution >= 4 is 16.0 Å². The van der Waals surface area contributed by atoms with Crippen LogP contribution in [-0.4, -0.2) is 30.6 Å². The van der Waals surface area contributed by atoms with Crippen molar-refractivity contribution in [1.29, 1.82) is 0 Å². The topological polar surface area (TPSA) is 120 Å². The Labute approximate surface area is 97.3 Å². The van der Waals surface area contributed by atoms with Crippen LogP contribution in [0.5, 0.6) is 5.75 Å². The van der Waals surface area contributed by atoms with E-state index in [4.69, 9.17) is 15.0 Å². The van der Waals surface area contributed by atoms with E-state index >= 15 is 0 Å². The van der Waals surface area contributed by atoms with E-state index in [0.29, 0.717) is 0 Å². The summed E-state index contributed by atoms with van der Waals surface area (Å²) in [5.41, 5.74) is -0.620. The number of sulfonamides is 1. The molecule has 0 unspecified atom stereocenters. The number of hydrogen-bond acceptors (Lipinski definition) is 5. The minimum Gasteiger partial charge on any atom is -0.489 e. The molecule has 0 aromatic carbocycles. The van der Waals surface area contributed by atoms with Crippen LogP contribution >= 0.6 is 0 Å². The molecular weight excluding hydrogens is 248 g/mol. The zero-order valence-electron chi connectivity index (χ0n) is 8.66. The van der Waals surface area contributed by atoms with Gasteiger partial charge < -0.3 is 9.84 Å². The highest BCUT2D eigenvalue weighted by Gasteiger charge is 2.30. The summed E-state index contributed by atoms with van der Waals surface area (Å²) in [5, 5.41) is 13.8. The van der Waals surface area contributed by atoms with E-state index in [9.17, 15) is 13.2 Å². The van der Waals surface area contributed by atoms with E-state index in [1.54, 1.807) is 0 Å². The van der Waals surface area contributed by atoms with E-state index in [1.807, 2.05) is 0 Å². The van der Waals surface area contributed by atoms with Gasteiger partial charge in [0.05, 0.1) is 6.10 Å². The maximum absolute atomic E-state index is 11.4. The van der Waals surface area contributed by atoms with Gasteiger partial charge >= 0.3 is 5.97 Å². The molecule has 17 heavy (non-hydrogen) atoms.